The van der Waals surface area contributed by atoms with Crippen LogP contribution in [0, 0.1) is 6.92 Å². The molecule has 1 amide bonds. The van der Waals surface area contributed by atoms with Crippen LogP contribution in [-0.2, 0) is 4.79 Å². The second kappa shape index (κ2) is 6.56. The van der Waals surface area contributed by atoms with Gasteiger partial charge in [-0.15, -0.1) is 11.3 Å². The number of aryl methyl sites for hydroxylation is 1. The molecule has 0 fully saturated rings. The average Bonchev–Trinajstić information content (AvgIpc) is 2.82. The van der Waals surface area contributed by atoms with Gasteiger partial charge in [0.25, 0.3) is 0 Å². The smallest absolute Gasteiger partial charge is 0.335 e. The van der Waals surface area contributed by atoms with Crippen LogP contribution >= 0.6 is 22.9 Å². The minimum atomic E-state index is -0.986. The van der Waals surface area contributed by atoms with E-state index < -0.39 is 5.97 Å². The quantitative estimate of drug-likeness (QED) is 0.834. The summed E-state index contributed by atoms with van der Waals surface area (Å²) in [6.45, 7) is 1.68. The van der Waals surface area contributed by atoms with Gasteiger partial charge in [-0.25, -0.2) is 4.79 Å². The highest BCUT2D eigenvalue weighted by atomic mass is 35.5. The lowest BCUT2D eigenvalue weighted by Gasteiger charge is -2.05. The van der Waals surface area contributed by atoms with Crippen molar-refractivity contribution in [1.29, 1.82) is 0 Å². The maximum absolute atomic E-state index is 11.8. The number of anilines is 1. The average molecular weight is 322 g/mol. The topological polar surface area (TPSA) is 66.4 Å². The van der Waals surface area contributed by atoms with Crippen LogP contribution in [0.3, 0.4) is 0 Å². The maximum Gasteiger partial charge on any atom is 0.335 e. The van der Waals surface area contributed by atoms with Gasteiger partial charge in [-0.3, -0.25) is 4.79 Å². The number of amides is 1. The number of benzene rings is 1. The molecule has 4 nitrogen and oxygen atoms in total. The molecule has 1 aromatic heterocycles. The van der Waals surface area contributed by atoms with Crippen LogP contribution in [0.2, 0.25) is 4.34 Å². The van der Waals surface area contributed by atoms with Gasteiger partial charge in [0.2, 0.25) is 5.91 Å². The lowest BCUT2D eigenvalue weighted by Crippen LogP contribution is -2.08. The number of aromatic carboxylic acids is 1. The van der Waals surface area contributed by atoms with E-state index in [1.165, 1.54) is 23.5 Å². The third kappa shape index (κ3) is 4.18. The third-order valence-electron chi connectivity index (χ3n) is 2.72. The number of halogens is 1. The van der Waals surface area contributed by atoms with Gasteiger partial charge in [0.15, 0.2) is 0 Å². The molecule has 0 spiro atoms. The molecule has 0 aliphatic rings. The van der Waals surface area contributed by atoms with Crippen molar-refractivity contribution in [3.05, 3.63) is 56.7 Å². The molecule has 2 aromatic rings. The van der Waals surface area contributed by atoms with E-state index in [0.717, 1.165) is 4.88 Å². The summed E-state index contributed by atoms with van der Waals surface area (Å²) < 4.78 is 0.662. The lowest BCUT2D eigenvalue weighted by molar-refractivity contribution is -0.111. The normalized spacial score (nSPS) is 10.8. The van der Waals surface area contributed by atoms with Crippen molar-refractivity contribution in [3.63, 3.8) is 0 Å². The van der Waals surface area contributed by atoms with Crippen LogP contribution in [-0.4, -0.2) is 17.0 Å². The van der Waals surface area contributed by atoms with Gasteiger partial charge in [0.1, 0.15) is 0 Å². The van der Waals surface area contributed by atoms with Crippen LogP contribution in [0.4, 0.5) is 5.69 Å². The number of carbonyl (C=O) groups excluding carboxylic acids is 1. The predicted octanol–water partition coefficient (Wildman–Crippen LogP) is 4.06. The van der Waals surface area contributed by atoms with Gasteiger partial charge in [-0.2, -0.15) is 0 Å². The molecule has 2 N–H and O–H groups in total. The van der Waals surface area contributed by atoms with E-state index in [1.54, 1.807) is 31.2 Å². The van der Waals surface area contributed by atoms with Crippen LogP contribution in [0.15, 0.2) is 36.4 Å². The fourth-order valence-electron chi connectivity index (χ4n) is 1.74. The Morgan fingerprint density at radius 1 is 1.29 bits per heavy atom. The molecule has 0 aliphatic carbocycles. The van der Waals surface area contributed by atoms with Crippen LogP contribution in [0.5, 0.6) is 0 Å². The molecule has 0 aliphatic heterocycles. The van der Waals surface area contributed by atoms with E-state index >= 15 is 0 Å². The molecule has 0 bridgehead atoms. The highest BCUT2D eigenvalue weighted by molar-refractivity contribution is 7.17. The molecular weight excluding hydrogens is 310 g/mol. The van der Waals surface area contributed by atoms with E-state index in [4.69, 9.17) is 16.7 Å². The number of carbonyl (C=O) groups is 2. The summed E-state index contributed by atoms with van der Waals surface area (Å²) in [6.07, 6.45) is 3.08. The molecule has 0 unspecified atom stereocenters. The molecule has 0 atom stereocenters. The first kappa shape index (κ1) is 15.3. The number of hydrogen-bond acceptors (Lipinski definition) is 3. The van der Waals surface area contributed by atoms with Crippen molar-refractivity contribution in [1.82, 2.24) is 0 Å². The summed E-state index contributed by atoms with van der Waals surface area (Å²) >= 11 is 7.18. The second-order valence-corrected chi connectivity index (χ2v) is 6.05. The Kier molecular flexibility index (Phi) is 4.77. The minimum Gasteiger partial charge on any atom is -0.478 e. The van der Waals surface area contributed by atoms with Crippen molar-refractivity contribution in [2.45, 2.75) is 6.92 Å². The second-order valence-electron chi connectivity index (χ2n) is 4.30. The molecule has 0 radical (unpaired) electrons. The van der Waals surface area contributed by atoms with Crippen molar-refractivity contribution < 1.29 is 14.7 Å². The Labute approximate surface area is 130 Å². The summed E-state index contributed by atoms with van der Waals surface area (Å²) in [4.78, 5) is 23.6. The zero-order valence-corrected chi connectivity index (χ0v) is 12.7. The van der Waals surface area contributed by atoms with E-state index in [2.05, 4.69) is 5.32 Å². The molecule has 1 heterocycles. The van der Waals surface area contributed by atoms with Gasteiger partial charge in [-0.05, 0) is 48.9 Å². The zero-order valence-electron chi connectivity index (χ0n) is 11.1. The highest BCUT2D eigenvalue weighted by Crippen LogP contribution is 2.22. The number of hydrogen-bond donors (Lipinski definition) is 2. The summed E-state index contributed by atoms with van der Waals surface area (Å²) in [5, 5.41) is 11.6. The van der Waals surface area contributed by atoms with Crippen molar-refractivity contribution in [3.8, 4) is 0 Å². The summed E-state index contributed by atoms with van der Waals surface area (Å²) in [7, 11) is 0. The van der Waals surface area contributed by atoms with E-state index in [0.29, 0.717) is 15.6 Å². The summed E-state index contributed by atoms with van der Waals surface area (Å²) in [6, 6.07) is 8.23. The number of rotatable bonds is 4. The number of thiophene rings is 1. The SMILES string of the molecule is Cc1cc(NC(=O)C=Cc2ccc(Cl)s2)ccc1C(=O)O. The van der Waals surface area contributed by atoms with Crippen molar-refractivity contribution in [2.24, 2.45) is 0 Å². The Balaban J connectivity index is 2.04. The first-order valence-electron chi connectivity index (χ1n) is 6.04. The van der Waals surface area contributed by atoms with Crippen LogP contribution in [0.25, 0.3) is 6.08 Å². The Morgan fingerprint density at radius 3 is 2.62 bits per heavy atom. The fraction of sp³-hybridized carbons (Fsp3) is 0.0667. The number of nitrogens with one attached hydrogen (secondary N) is 1. The molecule has 108 valence electrons. The van der Waals surface area contributed by atoms with Crippen molar-refractivity contribution >= 4 is 46.6 Å². The Bertz CT molecular complexity index is 721. The van der Waals surface area contributed by atoms with Gasteiger partial charge in [-0.1, -0.05) is 11.6 Å². The molecule has 0 saturated heterocycles. The molecule has 6 heteroatoms. The molecule has 21 heavy (non-hydrogen) atoms. The van der Waals surface area contributed by atoms with Gasteiger partial charge in [0, 0.05) is 16.6 Å². The van der Waals surface area contributed by atoms with Crippen molar-refractivity contribution in [2.75, 3.05) is 5.32 Å². The van der Waals surface area contributed by atoms with Crippen LogP contribution < -0.4 is 5.32 Å². The van der Waals surface area contributed by atoms with Gasteiger partial charge >= 0.3 is 5.97 Å². The third-order valence-corrected chi connectivity index (χ3v) is 3.91. The number of carboxylic acid groups (broad SMARTS) is 1. The maximum atomic E-state index is 11.8. The number of carboxylic acids is 1. The summed E-state index contributed by atoms with van der Waals surface area (Å²) in [5.74, 6) is -1.28. The Morgan fingerprint density at radius 2 is 2.05 bits per heavy atom. The lowest BCUT2D eigenvalue weighted by atomic mass is 10.1. The zero-order chi connectivity index (χ0) is 15.4. The fourth-order valence-corrected chi connectivity index (χ4v) is 2.70. The summed E-state index contributed by atoms with van der Waals surface area (Å²) in [5.41, 5.74) is 1.36. The first-order chi connectivity index (χ1) is 9.95. The van der Waals surface area contributed by atoms with Crippen LogP contribution in [0.1, 0.15) is 20.8 Å². The highest BCUT2D eigenvalue weighted by Gasteiger charge is 2.07. The van der Waals surface area contributed by atoms with Gasteiger partial charge < -0.3 is 10.4 Å². The minimum absolute atomic E-state index is 0.219. The Hall–Kier alpha value is -2.11. The molecular formula is C15H12ClNO3S. The standard InChI is InChI=1S/C15H12ClNO3S/c1-9-8-10(2-5-12(9)15(19)20)17-14(18)7-4-11-3-6-13(16)21-11/h2-8H,1H3,(H,17,18)(H,19,20). The first-order valence-corrected chi connectivity index (χ1v) is 7.23. The predicted molar refractivity (Wildman–Crippen MR) is 85.1 cm³/mol. The largest absolute Gasteiger partial charge is 0.478 e. The van der Waals surface area contributed by atoms with E-state index in [9.17, 15) is 9.59 Å². The van der Waals surface area contributed by atoms with Gasteiger partial charge in [0.05, 0.1) is 9.90 Å². The monoisotopic (exact) mass is 321 g/mol. The molecule has 2 rings (SSSR count). The van der Waals surface area contributed by atoms with E-state index in [1.807, 2.05) is 6.07 Å². The van der Waals surface area contributed by atoms with E-state index in [-0.39, 0.29) is 11.5 Å². The molecule has 0 saturated carbocycles. The molecule has 1 aromatic carbocycles.